The van der Waals surface area contributed by atoms with Gasteiger partial charge in [-0.3, -0.25) is 0 Å². The van der Waals surface area contributed by atoms with E-state index in [1.807, 2.05) is 24.3 Å². The SMILES string of the molecule is Clc1cc(Br)cnc1Nc1ccccc1Br. The van der Waals surface area contributed by atoms with Crippen molar-refractivity contribution in [2.45, 2.75) is 0 Å². The predicted octanol–water partition coefficient (Wildman–Crippen LogP) is 5.00. The van der Waals surface area contributed by atoms with Gasteiger partial charge in [-0.05, 0) is 50.1 Å². The molecule has 0 fully saturated rings. The zero-order valence-electron chi connectivity index (χ0n) is 8.05. The van der Waals surface area contributed by atoms with Gasteiger partial charge in [0.25, 0.3) is 0 Å². The molecule has 0 atom stereocenters. The van der Waals surface area contributed by atoms with Crippen molar-refractivity contribution >= 4 is 55.0 Å². The van der Waals surface area contributed by atoms with Crippen LogP contribution in [0.1, 0.15) is 0 Å². The third-order valence-electron chi connectivity index (χ3n) is 1.93. The molecular formula is C11H7Br2ClN2. The topological polar surface area (TPSA) is 24.9 Å². The largest absolute Gasteiger partial charge is 0.338 e. The molecule has 0 amide bonds. The Hall–Kier alpha value is -0.580. The van der Waals surface area contributed by atoms with E-state index in [1.54, 1.807) is 12.3 Å². The van der Waals surface area contributed by atoms with Gasteiger partial charge in [-0.1, -0.05) is 23.7 Å². The number of para-hydroxylation sites is 1. The highest BCUT2D eigenvalue weighted by Gasteiger charge is 2.04. The summed E-state index contributed by atoms with van der Waals surface area (Å²) in [6.45, 7) is 0. The first kappa shape index (κ1) is 11.9. The molecule has 0 aliphatic rings. The fraction of sp³-hybridized carbons (Fsp3) is 0. The molecule has 0 spiro atoms. The van der Waals surface area contributed by atoms with Crippen LogP contribution in [0.2, 0.25) is 5.02 Å². The lowest BCUT2D eigenvalue weighted by molar-refractivity contribution is 1.29. The van der Waals surface area contributed by atoms with E-state index in [0.29, 0.717) is 10.8 Å². The normalized spacial score (nSPS) is 10.2. The highest BCUT2D eigenvalue weighted by molar-refractivity contribution is 9.10. The summed E-state index contributed by atoms with van der Waals surface area (Å²) in [5, 5.41) is 3.73. The van der Waals surface area contributed by atoms with E-state index in [1.165, 1.54) is 0 Å². The van der Waals surface area contributed by atoms with Crippen LogP contribution in [0.3, 0.4) is 0 Å². The number of pyridine rings is 1. The van der Waals surface area contributed by atoms with E-state index < -0.39 is 0 Å². The number of halogens is 3. The van der Waals surface area contributed by atoms with Gasteiger partial charge in [0.1, 0.15) is 5.82 Å². The third kappa shape index (κ3) is 2.75. The summed E-state index contributed by atoms with van der Waals surface area (Å²) >= 11 is 12.8. The standard InChI is InChI=1S/C11H7Br2ClN2/c12-7-5-9(14)11(15-6-7)16-10-4-2-1-3-8(10)13/h1-6H,(H,15,16). The third-order valence-corrected chi connectivity index (χ3v) is 3.35. The number of aromatic nitrogens is 1. The number of benzene rings is 1. The second kappa shape index (κ2) is 5.17. The van der Waals surface area contributed by atoms with Gasteiger partial charge >= 0.3 is 0 Å². The number of nitrogens with one attached hydrogen (secondary N) is 1. The molecule has 0 aliphatic heterocycles. The van der Waals surface area contributed by atoms with Crippen molar-refractivity contribution in [2.24, 2.45) is 0 Å². The maximum absolute atomic E-state index is 6.06. The quantitative estimate of drug-likeness (QED) is 0.813. The van der Waals surface area contributed by atoms with Crippen LogP contribution in [0.15, 0.2) is 45.5 Å². The molecule has 5 heteroatoms. The van der Waals surface area contributed by atoms with Gasteiger partial charge in [0.05, 0.1) is 10.7 Å². The first-order chi connectivity index (χ1) is 7.66. The van der Waals surface area contributed by atoms with Crippen LogP contribution in [-0.4, -0.2) is 4.98 Å². The summed E-state index contributed by atoms with van der Waals surface area (Å²) < 4.78 is 1.82. The number of anilines is 2. The average Bonchev–Trinajstić information content (AvgIpc) is 2.25. The van der Waals surface area contributed by atoms with E-state index in [0.717, 1.165) is 14.6 Å². The molecule has 2 nitrogen and oxygen atoms in total. The van der Waals surface area contributed by atoms with Gasteiger partial charge < -0.3 is 5.32 Å². The van der Waals surface area contributed by atoms with Crippen LogP contribution >= 0.6 is 43.5 Å². The Morgan fingerprint density at radius 1 is 1.19 bits per heavy atom. The molecule has 0 radical (unpaired) electrons. The number of rotatable bonds is 2. The zero-order chi connectivity index (χ0) is 11.5. The van der Waals surface area contributed by atoms with Crippen molar-refractivity contribution in [3.05, 3.63) is 50.5 Å². The van der Waals surface area contributed by atoms with Crippen LogP contribution < -0.4 is 5.32 Å². The van der Waals surface area contributed by atoms with Crippen LogP contribution in [0, 0.1) is 0 Å². The summed E-state index contributed by atoms with van der Waals surface area (Å²) in [5.74, 6) is 0.636. The molecule has 1 N–H and O–H groups in total. The molecular weight excluding hydrogens is 355 g/mol. The number of nitrogens with zero attached hydrogens (tertiary/aromatic N) is 1. The zero-order valence-corrected chi connectivity index (χ0v) is 12.0. The Balaban J connectivity index is 2.31. The van der Waals surface area contributed by atoms with Crippen molar-refractivity contribution in [2.75, 3.05) is 5.32 Å². The van der Waals surface area contributed by atoms with Crippen LogP contribution in [0.4, 0.5) is 11.5 Å². The fourth-order valence-electron chi connectivity index (χ4n) is 1.20. The molecule has 2 rings (SSSR count). The molecule has 16 heavy (non-hydrogen) atoms. The second-order valence-corrected chi connectivity index (χ2v) is 5.27. The smallest absolute Gasteiger partial charge is 0.149 e. The molecule has 0 unspecified atom stereocenters. The van der Waals surface area contributed by atoms with Crippen molar-refractivity contribution in [1.29, 1.82) is 0 Å². The molecule has 1 aromatic heterocycles. The first-order valence-electron chi connectivity index (χ1n) is 4.49. The molecule has 82 valence electrons. The maximum atomic E-state index is 6.06. The summed E-state index contributed by atoms with van der Waals surface area (Å²) in [6, 6.07) is 9.60. The van der Waals surface area contributed by atoms with Gasteiger partial charge in [0.2, 0.25) is 0 Å². The summed E-state index contributed by atoms with van der Waals surface area (Å²) in [7, 11) is 0. The van der Waals surface area contributed by atoms with E-state index in [-0.39, 0.29) is 0 Å². The Kier molecular flexibility index (Phi) is 3.84. The fourth-order valence-corrected chi connectivity index (χ4v) is 2.26. The predicted molar refractivity (Wildman–Crippen MR) is 74.4 cm³/mol. The summed E-state index contributed by atoms with van der Waals surface area (Å²) in [4.78, 5) is 4.20. The minimum Gasteiger partial charge on any atom is -0.338 e. The van der Waals surface area contributed by atoms with Crippen LogP contribution in [0.5, 0.6) is 0 Å². The molecule has 0 aliphatic carbocycles. The number of hydrogen-bond donors (Lipinski definition) is 1. The summed E-state index contributed by atoms with van der Waals surface area (Å²) in [5.41, 5.74) is 0.930. The van der Waals surface area contributed by atoms with E-state index in [2.05, 4.69) is 42.2 Å². The van der Waals surface area contributed by atoms with Gasteiger partial charge in [0.15, 0.2) is 0 Å². The van der Waals surface area contributed by atoms with Crippen molar-refractivity contribution in [3.8, 4) is 0 Å². The minimum absolute atomic E-state index is 0.574. The molecule has 0 saturated heterocycles. The van der Waals surface area contributed by atoms with Crippen LogP contribution in [0.25, 0.3) is 0 Å². The lowest BCUT2D eigenvalue weighted by Crippen LogP contribution is -1.94. The maximum Gasteiger partial charge on any atom is 0.149 e. The minimum atomic E-state index is 0.574. The Morgan fingerprint density at radius 2 is 1.94 bits per heavy atom. The number of hydrogen-bond acceptors (Lipinski definition) is 2. The molecule has 2 aromatic rings. The monoisotopic (exact) mass is 360 g/mol. The molecule has 0 bridgehead atoms. The Bertz CT molecular complexity index is 517. The average molecular weight is 362 g/mol. The van der Waals surface area contributed by atoms with Crippen molar-refractivity contribution in [1.82, 2.24) is 4.98 Å². The lowest BCUT2D eigenvalue weighted by Gasteiger charge is -2.08. The molecule has 1 aromatic carbocycles. The van der Waals surface area contributed by atoms with E-state index >= 15 is 0 Å². The van der Waals surface area contributed by atoms with Gasteiger partial charge in [-0.25, -0.2) is 4.98 Å². The second-order valence-electron chi connectivity index (χ2n) is 3.09. The Morgan fingerprint density at radius 3 is 2.62 bits per heavy atom. The summed E-state index contributed by atoms with van der Waals surface area (Å²) in [6.07, 6.45) is 1.70. The van der Waals surface area contributed by atoms with Crippen molar-refractivity contribution < 1.29 is 0 Å². The van der Waals surface area contributed by atoms with Crippen molar-refractivity contribution in [3.63, 3.8) is 0 Å². The highest BCUT2D eigenvalue weighted by atomic mass is 79.9. The van der Waals surface area contributed by atoms with Gasteiger partial charge in [-0.15, -0.1) is 0 Å². The Labute approximate surface area is 115 Å². The van der Waals surface area contributed by atoms with Gasteiger partial charge in [-0.2, -0.15) is 0 Å². The van der Waals surface area contributed by atoms with Crippen LogP contribution in [-0.2, 0) is 0 Å². The highest BCUT2D eigenvalue weighted by Crippen LogP contribution is 2.29. The van der Waals surface area contributed by atoms with E-state index in [9.17, 15) is 0 Å². The van der Waals surface area contributed by atoms with Gasteiger partial charge in [0, 0.05) is 15.1 Å². The lowest BCUT2D eigenvalue weighted by atomic mass is 10.3. The first-order valence-corrected chi connectivity index (χ1v) is 6.46. The molecule has 1 heterocycles. The van der Waals surface area contributed by atoms with E-state index in [4.69, 9.17) is 11.6 Å². The molecule has 0 saturated carbocycles.